The molecule has 1 aliphatic rings. The number of amides is 1. The number of rotatable bonds is 0. The Morgan fingerprint density at radius 3 is 2.79 bits per heavy atom. The smallest absolute Gasteiger partial charge is 0.224 e. The van der Waals surface area contributed by atoms with E-state index in [1.807, 2.05) is 13.0 Å². The Balaban J connectivity index is 0.000000980. The zero-order chi connectivity index (χ0) is 9.42. The number of carbonyl (C=O) groups is 1. The topological polar surface area (TPSA) is 49.3 Å². The zero-order valence-corrected chi connectivity index (χ0v) is 7.42. The van der Waals surface area contributed by atoms with E-state index < -0.39 is 0 Å². The third-order valence-corrected chi connectivity index (χ3v) is 2.39. The fraction of sp³-hybridized carbons (Fsp3) is 0.364. The van der Waals surface area contributed by atoms with Crippen LogP contribution in [0.2, 0.25) is 0 Å². The van der Waals surface area contributed by atoms with Gasteiger partial charge in [0.15, 0.2) is 0 Å². The largest absolute Gasteiger partial charge is 0.506 e. The molecule has 14 heavy (non-hydrogen) atoms. The molecular formula is C11H15NO2. The van der Waals surface area contributed by atoms with Crippen LogP contribution in [0.1, 0.15) is 25.0 Å². The Kier molecular flexibility index (Phi) is 2.79. The summed E-state index contributed by atoms with van der Waals surface area (Å²) in [6, 6.07) is 3.48. The van der Waals surface area contributed by atoms with Crippen LogP contribution in [0.4, 0.5) is 5.69 Å². The molecule has 0 aromatic heterocycles. The van der Waals surface area contributed by atoms with E-state index in [1.54, 1.807) is 6.07 Å². The third-order valence-electron chi connectivity index (χ3n) is 2.39. The molecule has 3 heteroatoms. The fourth-order valence-corrected chi connectivity index (χ4v) is 1.64. The standard InChI is InChI=1S/C10H11NO2.CH4/c1-6-2-4-8(12)10-7(6)3-5-9(13)11-10;/h2,4,12H,3,5H2,1H3,(H,11,13);1H4. The Morgan fingerprint density at radius 1 is 1.36 bits per heavy atom. The highest BCUT2D eigenvalue weighted by Gasteiger charge is 2.18. The molecule has 1 amide bonds. The molecule has 0 saturated carbocycles. The minimum absolute atomic E-state index is 0. The van der Waals surface area contributed by atoms with Gasteiger partial charge in [0, 0.05) is 6.42 Å². The molecule has 1 aromatic carbocycles. The summed E-state index contributed by atoms with van der Waals surface area (Å²) < 4.78 is 0. The van der Waals surface area contributed by atoms with E-state index in [-0.39, 0.29) is 19.1 Å². The van der Waals surface area contributed by atoms with Crippen molar-refractivity contribution in [3.8, 4) is 5.75 Å². The van der Waals surface area contributed by atoms with Crippen molar-refractivity contribution in [1.82, 2.24) is 0 Å². The second-order valence-corrected chi connectivity index (χ2v) is 3.30. The van der Waals surface area contributed by atoms with Gasteiger partial charge >= 0.3 is 0 Å². The lowest BCUT2D eigenvalue weighted by molar-refractivity contribution is -0.116. The van der Waals surface area contributed by atoms with E-state index in [2.05, 4.69) is 5.32 Å². The lowest BCUT2D eigenvalue weighted by atomic mass is 9.97. The highest BCUT2D eigenvalue weighted by atomic mass is 16.3. The summed E-state index contributed by atoms with van der Waals surface area (Å²) in [5, 5.41) is 12.2. The van der Waals surface area contributed by atoms with Gasteiger partial charge in [0.2, 0.25) is 5.91 Å². The van der Waals surface area contributed by atoms with E-state index in [0.29, 0.717) is 12.1 Å². The van der Waals surface area contributed by atoms with Crippen LogP contribution in [0.5, 0.6) is 5.75 Å². The fourth-order valence-electron chi connectivity index (χ4n) is 1.64. The van der Waals surface area contributed by atoms with Gasteiger partial charge in [-0.2, -0.15) is 0 Å². The number of aryl methyl sites for hydroxylation is 1. The molecule has 0 radical (unpaired) electrons. The zero-order valence-electron chi connectivity index (χ0n) is 7.42. The van der Waals surface area contributed by atoms with Crippen LogP contribution in [0.3, 0.4) is 0 Å². The first-order valence-electron chi connectivity index (χ1n) is 4.30. The first-order chi connectivity index (χ1) is 6.18. The van der Waals surface area contributed by atoms with Crippen molar-refractivity contribution >= 4 is 11.6 Å². The third kappa shape index (κ3) is 1.58. The van der Waals surface area contributed by atoms with Crippen molar-refractivity contribution in [1.29, 1.82) is 0 Å². The van der Waals surface area contributed by atoms with Gasteiger partial charge in [-0.25, -0.2) is 0 Å². The Bertz CT molecular complexity index is 372. The van der Waals surface area contributed by atoms with Crippen LogP contribution in [-0.2, 0) is 11.2 Å². The maximum Gasteiger partial charge on any atom is 0.224 e. The number of carbonyl (C=O) groups excluding carboxylic acids is 1. The van der Waals surface area contributed by atoms with Crippen LogP contribution >= 0.6 is 0 Å². The first-order valence-corrected chi connectivity index (χ1v) is 4.30. The molecular weight excluding hydrogens is 178 g/mol. The second-order valence-electron chi connectivity index (χ2n) is 3.30. The highest BCUT2D eigenvalue weighted by Crippen LogP contribution is 2.33. The molecule has 0 saturated heterocycles. The molecule has 1 aromatic rings. The molecule has 0 spiro atoms. The van der Waals surface area contributed by atoms with Crippen molar-refractivity contribution in [3.05, 3.63) is 23.3 Å². The molecule has 3 nitrogen and oxygen atoms in total. The highest BCUT2D eigenvalue weighted by molar-refractivity contribution is 5.95. The number of aromatic hydroxyl groups is 1. The lowest BCUT2D eigenvalue weighted by Gasteiger charge is -2.19. The summed E-state index contributed by atoms with van der Waals surface area (Å²) in [6.45, 7) is 1.98. The van der Waals surface area contributed by atoms with Gasteiger partial charge in [-0.1, -0.05) is 13.5 Å². The molecule has 0 atom stereocenters. The number of anilines is 1. The Morgan fingerprint density at radius 2 is 2.07 bits per heavy atom. The van der Waals surface area contributed by atoms with Gasteiger partial charge < -0.3 is 10.4 Å². The maximum atomic E-state index is 11.1. The monoisotopic (exact) mass is 193 g/mol. The van der Waals surface area contributed by atoms with Gasteiger partial charge in [0.1, 0.15) is 5.75 Å². The summed E-state index contributed by atoms with van der Waals surface area (Å²) in [5.41, 5.74) is 2.77. The predicted octanol–water partition coefficient (Wildman–Crippen LogP) is 2.22. The number of fused-ring (bicyclic) bond motifs is 1. The molecule has 0 aliphatic carbocycles. The number of phenolic OH excluding ortho intramolecular Hbond substituents is 1. The average Bonchev–Trinajstić information content (AvgIpc) is 2.12. The van der Waals surface area contributed by atoms with E-state index in [0.717, 1.165) is 17.5 Å². The van der Waals surface area contributed by atoms with Crippen molar-refractivity contribution in [3.63, 3.8) is 0 Å². The van der Waals surface area contributed by atoms with Crippen LogP contribution in [0, 0.1) is 6.92 Å². The Labute approximate surface area is 83.8 Å². The summed E-state index contributed by atoms with van der Waals surface area (Å²) >= 11 is 0. The summed E-state index contributed by atoms with van der Waals surface area (Å²) in [5.74, 6) is 0.141. The number of hydrogen-bond donors (Lipinski definition) is 2. The van der Waals surface area contributed by atoms with Crippen molar-refractivity contribution < 1.29 is 9.90 Å². The molecule has 1 aliphatic heterocycles. The van der Waals surface area contributed by atoms with Gasteiger partial charge in [0.05, 0.1) is 5.69 Å². The number of hydrogen-bond acceptors (Lipinski definition) is 2. The SMILES string of the molecule is C.Cc1ccc(O)c2c1CCC(=O)N2. The molecule has 1 heterocycles. The molecule has 76 valence electrons. The van der Waals surface area contributed by atoms with Gasteiger partial charge in [-0.3, -0.25) is 4.79 Å². The van der Waals surface area contributed by atoms with Gasteiger partial charge in [-0.15, -0.1) is 0 Å². The van der Waals surface area contributed by atoms with Crippen molar-refractivity contribution in [2.24, 2.45) is 0 Å². The first kappa shape index (κ1) is 10.6. The molecule has 2 N–H and O–H groups in total. The molecule has 0 bridgehead atoms. The van der Waals surface area contributed by atoms with Crippen LogP contribution in [0.15, 0.2) is 12.1 Å². The average molecular weight is 193 g/mol. The predicted molar refractivity (Wildman–Crippen MR) is 56.5 cm³/mol. The summed E-state index contributed by atoms with van der Waals surface area (Å²) in [4.78, 5) is 11.1. The number of nitrogens with one attached hydrogen (secondary N) is 1. The number of phenols is 1. The van der Waals surface area contributed by atoms with E-state index in [4.69, 9.17) is 0 Å². The van der Waals surface area contributed by atoms with Crippen LogP contribution < -0.4 is 5.32 Å². The summed E-state index contributed by atoms with van der Waals surface area (Å²) in [6.07, 6.45) is 1.23. The molecule has 0 fully saturated rings. The minimum Gasteiger partial charge on any atom is -0.506 e. The van der Waals surface area contributed by atoms with Crippen LogP contribution in [0.25, 0.3) is 0 Å². The van der Waals surface area contributed by atoms with Gasteiger partial charge in [-0.05, 0) is 30.5 Å². The van der Waals surface area contributed by atoms with E-state index in [9.17, 15) is 9.90 Å². The van der Waals surface area contributed by atoms with Gasteiger partial charge in [0.25, 0.3) is 0 Å². The second kappa shape index (κ2) is 3.70. The minimum atomic E-state index is -0.0200. The van der Waals surface area contributed by atoms with E-state index >= 15 is 0 Å². The lowest BCUT2D eigenvalue weighted by Crippen LogP contribution is -2.19. The molecule has 2 rings (SSSR count). The van der Waals surface area contributed by atoms with Crippen molar-refractivity contribution in [2.45, 2.75) is 27.2 Å². The van der Waals surface area contributed by atoms with E-state index in [1.165, 1.54) is 0 Å². The van der Waals surface area contributed by atoms with Crippen molar-refractivity contribution in [2.75, 3.05) is 5.32 Å². The molecule has 0 unspecified atom stereocenters. The Hall–Kier alpha value is -1.51. The normalized spacial score (nSPS) is 13.9. The summed E-state index contributed by atoms with van der Waals surface area (Å²) in [7, 11) is 0. The number of benzene rings is 1. The van der Waals surface area contributed by atoms with Crippen LogP contribution in [-0.4, -0.2) is 11.0 Å². The maximum absolute atomic E-state index is 11.1. The quantitative estimate of drug-likeness (QED) is 0.621.